The number of aliphatic hydroxyl groups excluding tert-OH is 2. The molecule has 0 amide bonds. The standard InChI is InChI=1S/C8H18O3/c1-3-8(10)6-11-5-4-7(2)9/h7-10H,3-6H2,1-2H3. The summed E-state index contributed by atoms with van der Waals surface area (Å²) in [6, 6.07) is 0. The van der Waals surface area contributed by atoms with Crippen molar-refractivity contribution in [2.24, 2.45) is 0 Å². The third-order valence-corrected chi connectivity index (χ3v) is 1.46. The van der Waals surface area contributed by atoms with Crippen molar-refractivity contribution in [2.75, 3.05) is 13.2 Å². The van der Waals surface area contributed by atoms with Crippen molar-refractivity contribution in [3.05, 3.63) is 0 Å². The van der Waals surface area contributed by atoms with Crippen LogP contribution >= 0.6 is 0 Å². The fraction of sp³-hybridized carbons (Fsp3) is 1.00. The normalized spacial score (nSPS) is 16.4. The van der Waals surface area contributed by atoms with Crippen LogP contribution in [0.15, 0.2) is 0 Å². The molecule has 68 valence electrons. The molecular formula is C8H18O3. The molecule has 0 aliphatic carbocycles. The third-order valence-electron chi connectivity index (χ3n) is 1.46. The predicted molar refractivity (Wildman–Crippen MR) is 43.4 cm³/mol. The lowest BCUT2D eigenvalue weighted by molar-refractivity contribution is 0.0220. The summed E-state index contributed by atoms with van der Waals surface area (Å²) in [4.78, 5) is 0. The molecule has 0 saturated carbocycles. The molecule has 0 aliphatic rings. The Morgan fingerprint density at radius 3 is 2.45 bits per heavy atom. The van der Waals surface area contributed by atoms with Crippen LogP contribution in [0.1, 0.15) is 26.7 Å². The van der Waals surface area contributed by atoms with Gasteiger partial charge in [0, 0.05) is 6.61 Å². The van der Waals surface area contributed by atoms with Crippen molar-refractivity contribution in [2.45, 2.75) is 38.9 Å². The van der Waals surface area contributed by atoms with E-state index in [9.17, 15) is 0 Å². The molecular weight excluding hydrogens is 144 g/mol. The van der Waals surface area contributed by atoms with Crippen LogP contribution in [0.5, 0.6) is 0 Å². The largest absolute Gasteiger partial charge is 0.393 e. The van der Waals surface area contributed by atoms with Crippen molar-refractivity contribution in [3.63, 3.8) is 0 Å². The lowest BCUT2D eigenvalue weighted by Gasteiger charge is -2.09. The maximum Gasteiger partial charge on any atom is 0.0771 e. The molecule has 0 bridgehead atoms. The Morgan fingerprint density at radius 1 is 1.36 bits per heavy atom. The lowest BCUT2D eigenvalue weighted by atomic mass is 10.3. The number of ether oxygens (including phenoxy) is 1. The van der Waals surface area contributed by atoms with Gasteiger partial charge in [0.1, 0.15) is 0 Å². The molecule has 3 nitrogen and oxygen atoms in total. The van der Waals surface area contributed by atoms with Gasteiger partial charge < -0.3 is 14.9 Å². The molecule has 0 aromatic carbocycles. The van der Waals surface area contributed by atoms with Crippen LogP contribution in [0, 0.1) is 0 Å². The summed E-state index contributed by atoms with van der Waals surface area (Å²) < 4.78 is 5.09. The van der Waals surface area contributed by atoms with Crippen LogP contribution in [-0.4, -0.2) is 35.6 Å². The van der Waals surface area contributed by atoms with Gasteiger partial charge in [-0.25, -0.2) is 0 Å². The Balaban J connectivity index is 3.01. The van der Waals surface area contributed by atoms with Gasteiger partial charge in [0.05, 0.1) is 18.8 Å². The van der Waals surface area contributed by atoms with Crippen LogP contribution in [0.2, 0.25) is 0 Å². The number of hydrogen-bond acceptors (Lipinski definition) is 3. The molecule has 0 radical (unpaired) electrons. The van der Waals surface area contributed by atoms with Gasteiger partial charge in [-0.1, -0.05) is 6.92 Å². The van der Waals surface area contributed by atoms with Crippen molar-refractivity contribution in [1.29, 1.82) is 0 Å². The van der Waals surface area contributed by atoms with E-state index in [1.54, 1.807) is 6.92 Å². The molecule has 0 fully saturated rings. The molecule has 0 saturated heterocycles. The molecule has 0 aromatic rings. The van der Waals surface area contributed by atoms with Gasteiger partial charge in [0.15, 0.2) is 0 Å². The third kappa shape index (κ3) is 7.78. The van der Waals surface area contributed by atoms with Crippen molar-refractivity contribution >= 4 is 0 Å². The van der Waals surface area contributed by atoms with Gasteiger partial charge >= 0.3 is 0 Å². The fourth-order valence-corrected chi connectivity index (χ4v) is 0.591. The summed E-state index contributed by atoms with van der Waals surface area (Å²) in [6.07, 6.45) is 0.684. The van der Waals surface area contributed by atoms with Gasteiger partial charge in [-0.3, -0.25) is 0 Å². The summed E-state index contributed by atoms with van der Waals surface area (Å²) in [5.74, 6) is 0. The van der Waals surface area contributed by atoms with Crippen LogP contribution < -0.4 is 0 Å². The van der Waals surface area contributed by atoms with E-state index in [1.165, 1.54) is 0 Å². The lowest BCUT2D eigenvalue weighted by Crippen LogP contribution is -2.15. The van der Waals surface area contributed by atoms with Gasteiger partial charge in [0.25, 0.3) is 0 Å². The first-order chi connectivity index (χ1) is 5.16. The number of rotatable bonds is 6. The zero-order chi connectivity index (χ0) is 8.69. The molecule has 0 spiro atoms. The van der Waals surface area contributed by atoms with E-state index in [4.69, 9.17) is 14.9 Å². The number of hydrogen-bond donors (Lipinski definition) is 2. The Labute approximate surface area is 68.0 Å². The Kier molecular flexibility index (Phi) is 6.51. The van der Waals surface area contributed by atoms with Crippen molar-refractivity contribution in [3.8, 4) is 0 Å². The molecule has 2 N–H and O–H groups in total. The fourth-order valence-electron chi connectivity index (χ4n) is 0.591. The van der Waals surface area contributed by atoms with E-state index in [1.807, 2.05) is 6.92 Å². The van der Waals surface area contributed by atoms with Crippen molar-refractivity contribution in [1.82, 2.24) is 0 Å². The zero-order valence-corrected chi connectivity index (χ0v) is 7.29. The quantitative estimate of drug-likeness (QED) is 0.561. The number of aliphatic hydroxyl groups is 2. The van der Waals surface area contributed by atoms with E-state index < -0.39 is 0 Å². The van der Waals surface area contributed by atoms with Crippen molar-refractivity contribution < 1.29 is 14.9 Å². The molecule has 2 unspecified atom stereocenters. The van der Waals surface area contributed by atoms with Gasteiger partial charge in [-0.05, 0) is 19.8 Å². The van der Waals surface area contributed by atoms with Gasteiger partial charge in [0.2, 0.25) is 0 Å². The SMILES string of the molecule is CCC(O)COCCC(C)O. The Morgan fingerprint density at radius 2 is 2.00 bits per heavy atom. The van der Waals surface area contributed by atoms with E-state index in [0.29, 0.717) is 26.1 Å². The highest BCUT2D eigenvalue weighted by atomic mass is 16.5. The van der Waals surface area contributed by atoms with Gasteiger partial charge in [-0.15, -0.1) is 0 Å². The molecule has 0 heterocycles. The molecule has 11 heavy (non-hydrogen) atoms. The zero-order valence-electron chi connectivity index (χ0n) is 7.29. The minimum absolute atomic E-state index is 0.311. The van der Waals surface area contributed by atoms with Crippen LogP contribution in [-0.2, 0) is 4.74 Å². The second kappa shape index (κ2) is 6.58. The molecule has 0 rings (SSSR count). The first-order valence-electron chi connectivity index (χ1n) is 4.10. The summed E-state index contributed by atoms with van der Waals surface area (Å²) >= 11 is 0. The first-order valence-corrected chi connectivity index (χ1v) is 4.10. The minimum atomic E-state index is -0.357. The van der Waals surface area contributed by atoms with E-state index in [0.717, 1.165) is 0 Å². The Bertz CT molecular complexity index is 83.4. The predicted octanol–water partition coefficient (Wildman–Crippen LogP) is 0.545. The maximum atomic E-state index is 9.04. The second-order valence-electron chi connectivity index (χ2n) is 2.77. The molecule has 3 heteroatoms. The summed E-state index contributed by atoms with van der Waals surface area (Å²) in [6.45, 7) is 4.53. The summed E-state index contributed by atoms with van der Waals surface area (Å²) in [5.41, 5.74) is 0. The highest BCUT2D eigenvalue weighted by Gasteiger charge is 2.00. The highest BCUT2D eigenvalue weighted by molar-refractivity contribution is 4.50. The average molecular weight is 162 g/mol. The van der Waals surface area contributed by atoms with Gasteiger partial charge in [-0.2, -0.15) is 0 Å². The highest BCUT2D eigenvalue weighted by Crippen LogP contribution is 1.94. The van der Waals surface area contributed by atoms with E-state index >= 15 is 0 Å². The molecule has 0 aliphatic heterocycles. The molecule has 0 aromatic heterocycles. The minimum Gasteiger partial charge on any atom is -0.393 e. The monoisotopic (exact) mass is 162 g/mol. The Hall–Kier alpha value is -0.120. The molecule has 2 atom stereocenters. The maximum absolute atomic E-state index is 9.04. The van der Waals surface area contributed by atoms with E-state index in [-0.39, 0.29) is 12.2 Å². The first kappa shape index (κ1) is 10.9. The summed E-state index contributed by atoms with van der Waals surface area (Å²) in [7, 11) is 0. The second-order valence-corrected chi connectivity index (χ2v) is 2.77. The average Bonchev–Trinajstić information content (AvgIpc) is 1.97. The summed E-state index contributed by atoms with van der Waals surface area (Å²) in [5, 5.41) is 17.9. The smallest absolute Gasteiger partial charge is 0.0771 e. The van der Waals surface area contributed by atoms with Crippen LogP contribution in [0.3, 0.4) is 0 Å². The van der Waals surface area contributed by atoms with Crippen LogP contribution in [0.4, 0.5) is 0 Å². The van der Waals surface area contributed by atoms with E-state index in [2.05, 4.69) is 0 Å². The topological polar surface area (TPSA) is 49.7 Å². The van der Waals surface area contributed by atoms with Crippen LogP contribution in [0.25, 0.3) is 0 Å².